The maximum Gasteiger partial charge on any atom is 0.108 e. The Morgan fingerprint density at radius 2 is 1.25 bits per heavy atom. The van der Waals surface area contributed by atoms with Crippen LogP contribution in [0.2, 0.25) is 0 Å². The second kappa shape index (κ2) is 11.9. The maximum absolute atomic E-state index is 10.4. The van der Waals surface area contributed by atoms with E-state index in [9.17, 15) is 10.5 Å². The molecule has 0 bridgehead atoms. The Morgan fingerprint density at radius 1 is 0.545 bits per heavy atom. The van der Waals surface area contributed by atoms with Gasteiger partial charge in [-0.15, -0.1) is 0 Å². The van der Waals surface area contributed by atoms with Crippen molar-refractivity contribution in [3.8, 4) is 40.3 Å². The van der Waals surface area contributed by atoms with Gasteiger partial charge in [0.2, 0.25) is 0 Å². The van der Waals surface area contributed by atoms with Crippen molar-refractivity contribution in [2.45, 2.75) is 12.8 Å². The second-order valence-corrected chi connectivity index (χ2v) is 14.1. The molecule has 55 heavy (non-hydrogen) atoms. The number of rotatable bonds is 4. The van der Waals surface area contributed by atoms with E-state index in [0.717, 1.165) is 90.2 Å². The van der Waals surface area contributed by atoms with Crippen LogP contribution in [0.5, 0.6) is 0 Å². The molecule has 1 aliphatic rings. The lowest BCUT2D eigenvalue weighted by Gasteiger charge is -2.19. The first-order valence-electron chi connectivity index (χ1n) is 18.5. The van der Waals surface area contributed by atoms with Gasteiger partial charge in [-0.05, 0) is 73.5 Å². The lowest BCUT2D eigenvalue weighted by atomic mass is 9.98. The van der Waals surface area contributed by atoms with Gasteiger partial charge in [0.25, 0.3) is 0 Å². The van der Waals surface area contributed by atoms with Gasteiger partial charge in [0, 0.05) is 49.4 Å². The summed E-state index contributed by atoms with van der Waals surface area (Å²) in [5.74, 6) is 0. The predicted octanol–water partition coefficient (Wildman–Crippen LogP) is 11.8. The third-order valence-corrected chi connectivity index (χ3v) is 11.2. The zero-order valence-corrected chi connectivity index (χ0v) is 29.6. The van der Waals surface area contributed by atoms with Gasteiger partial charge in [-0.3, -0.25) is 0 Å². The van der Waals surface area contributed by atoms with Gasteiger partial charge in [-0.25, -0.2) is 0 Å². The molecular formula is C50H29N5. The minimum absolute atomic E-state index is 0.385. The topological polar surface area (TPSA) is 62.4 Å². The smallest absolute Gasteiger partial charge is 0.108 e. The van der Waals surface area contributed by atoms with E-state index >= 15 is 0 Å². The monoisotopic (exact) mass is 699 g/mol. The lowest BCUT2D eigenvalue weighted by Crippen LogP contribution is -2.06. The molecule has 0 saturated carbocycles. The van der Waals surface area contributed by atoms with Crippen molar-refractivity contribution < 1.29 is 0 Å². The number of fused-ring (bicyclic) bond motifs is 10. The summed E-state index contributed by atoms with van der Waals surface area (Å²) in [5.41, 5.74) is 13.2. The van der Waals surface area contributed by atoms with Crippen LogP contribution >= 0.6 is 0 Å². The number of hydrogen-bond donors (Lipinski definition) is 0. The molecule has 0 saturated heterocycles. The lowest BCUT2D eigenvalue weighted by molar-refractivity contribution is 0.889. The Labute approximate surface area is 317 Å². The Hall–Kier alpha value is -7.78. The molecule has 3 heterocycles. The third kappa shape index (κ3) is 4.41. The molecule has 0 radical (unpaired) electrons. The minimum Gasteiger partial charge on any atom is -0.312 e. The zero-order valence-electron chi connectivity index (χ0n) is 29.6. The average molecular weight is 700 g/mol. The molecule has 3 aromatic heterocycles. The SMILES string of the molecule is N#Cc1c#cc(-c2cc(C#N)ccc2-n2c3c(c4ccccc42)C=CCC3)c(-n2c3ccccc3c3ccc4c(c5ccccc5n4-c4ccccc4)c32)c1. The Bertz CT molecular complexity index is 3340. The first kappa shape index (κ1) is 30.8. The van der Waals surface area contributed by atoms with Gasteiger partial charge in [0.15, 0.2) is 0 Å². The van der Waals surface area contributed by atoms with Crippen LogP contribution in [0, 0.1) is 34.8 Å². The van der Waals surface area contributed by atoms with Crippen molar-refractivity contribution in [3.05, 3.63) is 180 Å². The number of aromatic nitrogens is 3. The highest BCUT2D eigenvalue weighted by atomic mass is 15.0. The van der Waals surface area contributed by atoms with E-state index in [2.05, 4.69) is 165 Å². The highest BCUT2D eigenvalue weighted by Gasteiger charge is 2.25. The van der Waals surface area contributed by atoms with E-state index in [1.807, 2.05) is 24.3 Å². The molecule has 0 aliphatic heterocycles. The molecule has 0 spiro atoms. The van der Waals surface area contributed by atoms with Crippen LogP contribution in [0.25, 0.3) is 88.8 Å². The van der Waals surface area contributed by atoms with E-state index in [0.29, 0.717) is 11.1 Å². The molecule has 7 aromatic carbocycles. The summed E-state index contributed by atoms with van der Waals surface area (Å²) < 4.78 is 7.00. The molecule has 0 amide bonds. The number of hydrogen-bond acceptors (Lipinski definition) is 2. The van der Waals surface area contributed by atoms with Crippen molar-refractivity contribution in [3.63, 3.8) is 0 Å². The number of benzene rings is 6. The van der Waals surface area contributed by atoms with E-state index in [-0.39, 0.29) is 0 Å². The van der Waals surface area contributed by atoms with Crippen LogP contribution in [-0.4, -0.2) is 13.7 Å². The number of allylic oxidation sites excluding steroid dienone is 1. The minimum atomic E-state index is 0.385. The van der Waals surface area contributed by atoms with E-state index in [1.165, 1.54) is 16.6 Å². The largest absolute Gasteiger partial charge is 0.312 e. The zero-order chi connectivity index (χ0) is 36.6. The van der Waals surface area contributed by atoms with Gasteiger partial charge in [0.1, 0.15) is 11.6 Å². The molecule has 1 aliphatic carbocycles. The van der Waals surface area contributed by atoms with Gasteiger partial charge in [-0.2, -0.15) is 10.5 Å². The predicted molar refractivity (Wildman–Crippen MR) is 222 cm³/mol. The average Bonchev–Trinajstić information content (AvgIpc) is 3.89. The number of nitriles is 2. The molecule has 0 N–H and O–H groups in total. The van der Waals surface area contributed by atoms with Crippen molar-refractivity contribution in [1.82, 2.24) is 13.7 Å². The normalized spacial score (nSPS) is 12.3. The van der Waals surface area contributed by atoms with Crippen molar-refractivity contribution in [2.75, 3.05) is 0 Å². The molecular weight excluding hydrogens is 671 g/mol. The molecule has 10 aromatic rings. The van der Waals surface area contributed by atoms with Crippen LogP contribution in [0.4, 0.5) is 0 Å². The molecule has 254 valence electrons. The highest BCUT2D eigenvalue weighted by molar-refractivity contribution is 6.26. The summed E-state index contributed by atoms with van der Waals surface area (Å²) in [7, 11) is 0. The maximum atomic E-state index is 10.4. The summed E-state index contributed by atoms with van der Waals surface area (Å²) in [4.78, 5) is 0. The van der Waals surface area contributed by atoms with Gasteiger partial charge in [-0.1, -0.05) is 103 Å². The van der Waals surface area contributed by atoms with Crippen LogP contribution in [0.1, 0.15) is 28.8 Å². The Balaban J connectivity index is 1.30. The van der Waals surface area contributed by atoms with E-state index in [1.54, 1.807) is 0 Å². The number of nitrogens with zero attached hydrogens (tertiary/aromatic N) is 5. The standard InChI is InChI=1S/C50H29N5/c51-30-32-23-26-46(54-42-18-8-4-14-35(42)36-15-5-9-19-43(36)54)41(28-32)38-24-22-33(31-52)29-48(38)55-44-20-10-6-16-37(44)39-25-27-47-49(50(39)55)40-17-7-11-21-45(40)53(47)34-12-2-1-3-13-34/h1-8,10-18,20-21,23,25-29H,9,19H2. The van der Waals surface area contributed by atoms with Gasteiger partial charge < -0.3 is 13.7 Å². The number of para-hydroxylation sites is 4. The summed E-state index contributed by atoms with van der Waals surface area (Å²) in [6.07, 6.45) is 6.33. The molecule has 0 fully saturated rings. The third-order valence-electron chi connectivity index (χ3n) is 11.2. The molecule has 0 atom stereocenters. The molecule has 11 rings (SSSR count). The van der Waals surface area contributed by atoms with Crippen molar-refractivity contribution in [1.29, 1.82) is 10.5 Å². The fraction of sp³-hybridized carbons (Fsp3) is 0.0400. The van der Waals surface area contributed by atoms with E-state index < -0.39 is 0 Å². The Kier molecular flexibility index (Phi) is 6.65. The quantitative estimate of drug-likeness (QED) is 0.184. The Morgan fingerprint density at radius 3 is 2.04 bits per heavy atom. The fourth-order valence-electron chi connectivity index (χ4n) is 8.94. The van der Waals surface area contributed by atoms with Crippen LogP contribution < -0.4 is 0 Å². The van der Waals surface area contributed by atoms with E-state index in [4.69, 9.17) is 0 Å². The van der Waals surface area contributed by atoms with Crippen LogP contribution in [-0.2, 0) is 6.42 Å². The highest BCUT2D eigenvalue weighted by Crippen LogP contribution is 2.45. The van der Waals surface area contributed by atoms with Crippen molar-refractivity contribution in [2.24, 2.45) is 0 Å². The van der Waals surface area contributed by atoms with Gasteiger partial charge in [0.05, 0.1) is 56.2 Å². The second-order valence-electron chi connectivity index (χ2n) is 14.1. The van der Waals surface area contributed by atoms with Crippen LogP contribution in [0.3, 0.4) is 0 Å². The van der Waals surface area contributed by atoms with Crippen LogP contribution in [0.15, 0.2) is 146 Å². The molecule has 5 heteroatoms. The summed E-state index contributed by atoms with van der Waals surface area (Å²) in [5, 5.41) is 26.3. The first-order valence-corrected chi connectivity index (χ1v) is 18.5. The summed E-state index contributed by atoms with van der Waals surface area (Å²) in [6.45, 7) is 0. The first-order chi connectivity index (χ1) is 27.2. The summed E-state index contributed by atoms with van der Waals surface area (Å²) >= 11 is 0. The van der Waals surface area contributed by atoms with Crippen molar-refractivity contribution >= 4 is 60.6 Å². The van der Waals surface area contributed by atoms with Gasteiger partial charge >= 0.3 is 0 Å². The molecule has 0 unspecified atom stereocenters. The summed E-state index contributed by atoms with van der Waals surface area (Å²) in [6, 6.07) is 59.8. The molecule has 5 nitrogen and oxygen atoms in total. The fourth-order valence-corrected chi connectivity index (χ4v) is 8.94.